The topological polar surface area (TPSA) is 111 Å². The van der Waals surface area contributed by atoms with E-state index in [0.717, 1.165) is 55.9 Å². The highest BCUT2D eigenvalue weighted by Gasteiger charge is 2.43. The Kier molecular flexibility index (Phi) is 7.77. The quantitative estimate of drug-likeness (QED) is 0.172. The number of para-hydroxylation sites is 1. The number of ether oxygens (including phenoxy) is 3. The van der Waals surface area contributed by atoms with Gasteiger partial charge in [0.15, 0.2) is 11.5 Å². The maximum Gasteiger partial charge on any atom is 0.471 e. The van der Waals surface area contributed by atoms with Crippen molar-refractivity contribution in [2.24, 2.45) is 0 Å². The molecular weight excluding hydrogens is 661 g/mol. The van der Waals surface area contributed by atoms with Gasteiger partial charge in [0.2, 0.25) is 5.82 Å². The largest absolute Gasteiger partial charge is 0.471 e. The van der Waals surface area contributed by atoms with Crippen molar-refractivity contribution in [2.45, 2.75) is 63.3 Å². The van der Waals surface area contributed by atoms with Crippen molar-refractivity contribution < 1.29 is 31.9 Å². The Labute approximate surface area is 283 Å². The first-order chi connectivity index (χ1) is 23.6. The second-order valence-corrected chi connectivity index (χ2v) is 13.1. The summed E-state index contributed by atoms with van der Waals surface area (Å²) in [6, 6.07) is 18.4. The number of nitriles is 1. The maximum atomic E-state index is 13.1. The summed E-state index contributed by atoms with van der Waals surface area (Å²) in [6.45, 7) is 5.44. The highest BCUT2D eigenvalue weighted by molar-refractivity contribution is 6.31. The van der Waals surface area contributed by atoms with Gasteiger partial charge in [0.25, 0.3) is 5.79 Å². The summed E-state index contributed by atoms with van der Waals surface area (Å²) in [6.07, 6.45) is -1.90. The number of piperidine rings is 1. The molecule has 3 aliphatic rings. The zero-order valence-corrected chi connectivity index (χ0v) is 27.1. The Bertz CT molecular complexity index is 2100. The lowest BCUT2D eigenvalue weighted by Crippen LogP contribution is -2.35. The molecule has 2 fully saturated rings. The second kappa shape index (κ2) is 12.0. The van der Waals surface area contributed by atoms with Crippen LogP contribution in [0.4, 0.5) is 13.2 Å². The van der Waals surface area contributed by atoms with Crippen molar-refractivity contribution in [1.82, 2.24) is 24.6 Å². The Hall–Kier alpha value is -4.64. The predicted molar refractivity (Wildman–Crippen MR) is 171 cm³/mol. The van der Waals surface area contributed by atoms with Crippen molar-refractivity contribution in [1.29, 1.82) is 5.26 Å². The number of alkyl halides is 3. The fraction of sp³-hybridized carbons (Fsp3) is 0.371. The molecule has 0 aliphatic carbocycles. The van der Waals surface area contributed by atoms with Crippen LogP contribution < -0.4 is 9.47 Å². The van der Waals surface area contributed by atoms with Crippen molar-refractivity contribution in [3.8, 4) is 29.0 Å². The van der Waals surface area contributed by atoms with Gasteiger partial charge in [-0.15, -0.1) is 0 Å². The number of hydrogen-bond donors (Lipinski definition) is 0. The summed E-state index contributed by atoms with van der Waals surface area (Å²) in [5, 5.41) is 13.2. The zero-order chi connectivity index (χ0) is 33.9. The van der Waals surface area contributed by atoms with Crippen LogP contribution in [-0.4, -0.2) is 50.4 Å². The van der Waals surface area contributed by atoms with Crippen LogP contribution in [0.1, 0.15) is 60.5 Å². The van der Waals surface area contributed by atoms with E-state index in [9.17, 15) is 18.4 Å². The molecule has 8 rings (SSSR count). The number of fused-ring (bicyclic) bond motifs is 2. The number of rotatable bonds is 7. The first kappa shape index (κ1) is 31.6. The zero-order valence-electron chi connectivity index (χ0n) is 26.3. The van der Waals surface area contributed by atoms with Crippen LogP contribution in [0.3, 0.4) is 0 Å². The molecule has 2 atom stereocenters. The molecule has 10 nitrogen and oxygen atoms in total. The summed E-state index contributed by atoms with van der Waals surface area (Å²) in [5.74, 6) is -0.180. The van der Waals surface area contributed by atoms with Crippen LogP contribution in [0.15, 0.2) is 59.1 Å². The third-order valence-electron chi connectivity index (χ3n) is 9.52. The highest BCUT2D eigenvalue weighted by atomic mass is 35.5. The molecule has 2 saturated heterocycles. The van der Waals surface area contributed by atoms with E-state index in [1.54, 1.807) is 30.3 Å². The Morgan fingerprint density at radius 1 is 1.04 bits per heavy atom. The number of halogens is 4. The monoisotopic (exact) mass is 690 g/mol. The minimum atomic E-state index is -4.72. The lowest BCUT2D eigenvalue weighted by Gasteiger charge is -2.33. The summed E-state index contributed by atoms with van der Waals surface area (Å²) in [4.78, 5) is 10.8. The molecule has 14 heteroatoms. The molecule has 252 valence electrons. The van der Waals surface area contributed by atoms with Gasteiger partial charge in [0.05, 0.1) is 52.4 Å². The maximum absolute atomic E-state index is 13.1. The first-order valence-electron chi connectivity index (χ1n) is 16.0. The van der Waals surface area contributed by atoms with Crippen LogP contribution in [0.5, 0.6) is 11.5 Å². The lowest BCUT2D eigenvalue weighted by atomic mass is 9.88. The summed E-state index contributed by atoms with van der Waals surface area (Å²) < 4.78 is 64.4. The summed E-state index contributed by atoms with van der Waals surface area (Å²) >= 11 is 6.54. The van der Waals surface area contributed by atoms with Crippen molar-refractivity contribution in [3.05, 3.63) is 88.0 Å². The molecule has 0 saturated carbocycles. The van der Waals surface area contributed by atoms with E-state index in [1.807, 2.05) is 25.1 Å². The van der Waals surface area contributed by atoms with E-state index < -0.39 is 17.9 Å². The predicted octanol–water partition coefficient (Wildman–Crippen LogP) is 7.44. The molecule has 0 spiro atoms. The molecule has 2 aromatic heterocycles. The van der Waals surface area contributed by atoms with Crippen LogP contribution >= 0.6 is 11.6 Å². The van der Waals surface area contributed by atoms with Crippen LogP contribution in [0, 0.1) is 11.3 Å². The number of imidazole rings is 1. The molecule has 3 aromatic carbocycles. The van der Waals surface area contributed by atoms with E-state index in [4.69, 9.17) is 30.8 Å². The van der Waals surface area contributed by atoms with Crippen LogP contribution in [0.25, 0.3) is 22.4 Å². The molecule has 0 amide bonds. The fourth-order valence-corrected chi connectivity index (χ4v) is 7.22. The second-order valence-electron chi connectivity index (χ2n) is 12.7. The van der Waals surface area contributed by atoms with Gasteiger partial charge < -0.3 is 23.3 Å². The van der Waals surface area contributed by atoms with Gasteiger partial charge in [-0.1, -0.05) is 28.9 Å². The molecule has 0 radical (unpaired) electrons. The van der Waals surface area contributed by atoms with Crippen molar-refractivity contribution in [2.75, 3.05) is 19.7 Å². The van der Waals surface area contributed by atoms with Gasteiger partial charge in [-0.05, 0) is 80.7 Å². The third-order valence-corrected chi connectivity index (χ3v) is 9.84. The lowest BCUT2D eigenvalue weighted by molar-refractivity contribution is -0.159. The number of benzene rings is 3. The average molecular weight is 691 g/mol. The minimum absolute atomic E-state index is 0.0837. The standard InChI is InChI=1S/C35H30ClF3N6O4/c1-34(25-7-5-20(17-40)15-26(25)36)47-29-4-2-3-24(31(29)48-34)21-9-12-44(13-10-21)19-30-41-27-16-22(32-42-33(49-43-32)35(37,38)39)6-8-28(27)45(30)18-23-11-14-46-23/h2-8,15-16,21,23H,9-14,18-19H2,1H3/t23-,34?/m0/s1. The normalized spacial score (nSPS) is 21.2. The summed E-state index contributed by atoms with van der Waals surface area (Å²) in [5.41, 5.74) is 4.10. The Balaban J connectivity index is 0.996. The average Bonchev–Trinajstić information content (AvgIpc) is 3.78. The number of aromatic nitrogens is 4. The van der Waals surface area contributed by atoms with Gasteiger partial charge in [0.1, 0.15) is 5.82 Å². The van der Waals surface area contributed by atoms with E-state index in [1.165, 1.54) is 0 Å². The van der Waals surface area contributed by atoms with E-state index in [-0.39, 0.29) is 17.8 Å². The smallest absolute Gasteiger partial charge is 0.444 e. The number of nitrogens with zero attached hydrogens (tertiary/aromatic N) is 6. The van der Waals surface area contributed by atoms with Gasteiger partial charge in [0, 0.05) is 24.7 Å². The van der Waals surface area contributed by atoms with Crippen LogP contribution in [0.2, 0.25) is 5.02 Å². The van der Waals surface area contributed by atoms with Gasteiger partial charge in [-0.25, -0.2) is 4.98 Å². The van der Waals surface area contributed by atoms with Crippen LogP contribution in [-0.2, 0) is 29.8 Å². The van der Waals surface area contributed by atoms with E-state index >= 15 is 0 Å². The third kappa shape index (κ3) is 5.88. The Morgan fingerprint density at radius 3 is 2.55 bits per heavy atom. The molecule has 0 bridgehead atoms. The molecule has 5 aromatic rings. The molecule has 1 unspecified atom stereocenters. The SMILES string of the molecule is CC1(c2ccc(C#N)cc2Cl)Oc2cccc(C3CCN(Cc4nc5cc(-c6noc(C(F)(F)F)n6)ccc5n4C[C@@H]4CCO4)CC3)c2O1. The summed E-state index contributed by atoms with van der Waals surface area (Å²) in [7, 11) is 0. The van der Waals surface area contributed by atoms with Gasteiger partial charge >= 0.3 is 12.1 Å². The number of hydrogen-bond acceptors (Lipinski definition) is 9. The first-order valence-corrected chi connectivity index (χ1v) is 16.4. The molecule has 49 heavy (non-hydrogen) atoms. The van der Waals surface area contributed by atoms with Gasteiger partial charge in [-0.3, -0.25) is 4.90 Å². The van der Waals surface area contributed by atoms with Gasteiger partial charge in [-0.2, -0.15) is 23.4 Å². The molecule has 0 N–H and O–H groups in total. The van der Waals surface area contributed by atoms with E-state index in [2.05, 4.69) is 36.3 Å². The molecule has 3 aliphatic heterocycles. The Morgan fingerprint density at radius 2 is 1.86 bits per heavy atom. The van der Waals surface area contributed by atoms with E-state index in [0.29, 0.717) is 51.8 Å². The molecular formula is C35H30ClF3N6O4. The molecule has 5 heterocycles. The minimum Gasteiger partial charge on any atom is -0.444 e. The fourth-order valence-electron chi connectivity index (χ4n) is 6.87. The highest BCUT2D eigenvalue weighted by Crippen LogP contribution is 2.50. The van der Waals surface area contributed by atoms with Crippen molar-refractivity contribution in [3.63, 3.8) is 0 Å². The van der Waals surface area contributed by atoms with Crippen molar-refractivity contribution >= 4 is 22.6 Å². The number of likely N-dealkylation sites (tertiary alicyclic amines) is 1.